The zero-order chi connectivity index (χ0) is 18.9. The first kappa shape index (κ1) is 20.3. The normalized spacial score (nSPS) is 12.0. The number of amides is 1. The SMILES string of the molecule is CC[C@@H](Oc1cccc(Cl)c1)C(=O)NCCCc1ccc(C(C)C)cc1. The van der Waals surface area contributed by atoms with Crippen molar-refractivity contribution in [2.75, 3.05) is 6.54 Å². The van der Waals surface area contributed by atoms with E-state index in [-0.39, 0.29) is 5.91 Å². The first-order valence-corrected chi connectivity index (χ1v) is 9.66. The molecule has 3 nitrogen and oxygen atoms in total. The van der Waals surface area contributed by atoms with Crippen LogP contribution in [-0.4, -0.2) is 18.6 Å². The molecule has 0 unspecified atom stereocenters. The van der Waals surface area contributed by atoms with E-state index in [0.717, 1.165) is 12.8 Å². The summed E-state index contributed by atoms with van der Waals surface area (Å²) in [5, 5.41) is 3.57. The van der Waals surface area contributed by atoms with Crippen molar-refractivity contribution in [3.05, 3.63) is 64.7 Å². The van der Waals surface area contributed by atoms with E-state index in [2.05, 4.69) is 43.4 Å². The lowest BCUT2D eigenvalue weighted by Gasteiger charge is -2.17. The number of ether oxygens (including phenoxy) is 1. The molecule has 0 aliphatic heterocycles. The van der Waals surface area contributed by atoms with E-state index < -0.39 is 6.10 Å². The van der Waals surface area contributed by atoms with Crippen LogP contribution < -0.4 is 10.1 Å². The number of aryl methyl sites for hydroxylation is 1. The third kappa shape index (κ3) is 6.38. The summed E-state index contributed by atoms with van der Waals surface area (Å²) in [5.74, 6) is 1.08. The molecule has 0 saturated carbocycles. The predicted octanol–water partition coefficient (Wildman–Crippen LogP) is 5.37. The first-order chi connectivity index (χ1) is 12.5. The summed E-state index contributed by atoms with van der Waals surface area (Å²) in [7, 11) is 0. The number of nitrogens with one attached hydrogen (secondary N) is 1. The molecule has 0 spiro atoms. The van der Waals surface area contributed by atoms with Gasteiger partial charge in [-0.3, -0.25) is 4.79 Å². The molecule has 2 aromatic rings. The van der Waals surface area contributed by atoms with Gasteiger partial charge in [0.15, 0.2) is 6.10 Å². The van der Waals surface area contributed by atoms with E-state index in [0.29, 0.717) is 29.7 Å². The second-order valence-corrected chi connectivity index (χ2v) is 7.20. The summed E-state index contributed by atoms with van der Waals surface area (Å²) >= 11 is 5.96. The molecule has 0 aliphatic rings. The topological polar surface area (TPSA) is 38.3 Å². The van der Waals surface area contributed by atoms with Crippen molar-refractivity contribution in [1.82, 2.24) is 5.32 Å². The minimum absolute atomic E-state index is 0.0809. The number of carbonyl (C=O) groups excluding carboxylic acids is 1. The molecule has 0 saturated heterocycles. The van der Waals surface area contributed by atoms with Gasteiger partial charge in [0.2, 0.25) is 0 Å². The van der Waals surface area contributed by atoms with Crippen LogP contribution in [0.15, 0.2) is 48.5 Å². The highest BCUT2D eigenvalue weighted by atomic mass is 35.5. The Morgan fingerprint density at radius 1 is 1.15 bits per heavy atom. The largest absolute Gasteiger partial charge is 0.481 e. The van der Waals surface area contributed by atoms with Gasteiger partial charge < -0.3 is 10.1 Å². The second kappa shape index (κ2) is 10.2. The van der Waals surface area contributed by atoms with Gasteiger partial charge in [-0.05, 0) is 54.5 Å². The van der Waals surface area contributed by atoms with Gasteiger partial charge in [-0.15, -0.1) is 0 Å². The van der Waals surface area contributed by atoms with Gasteiger partial charge >= 0.3 is 0 Å². The number of halogens is 1. The fraction of sp³-hybridized carbons (Fsp3) is 0.409. The van der Waals surface area contributed by atoms with Gasteiger partial charge in [-0.1, -0.05) is 62.7 Å². The molecule has 1 atom stereocenters. The van der Waals surface area contributed by atoms with E-state index >= 15 is 0 Å². The average molecular weight is 374 g/mol. The Bertz CT molecular complexity index is 698. The Morgan fingerprint density at radius 2 is 1.88 bits per heavy atom. The molecule has 0 aliphatic carbocycles. The maximum Gasteiger partial charge on any atom is 0.261 e. The van der Waals surface area contributed by atoms with Gasteiger partial charge in [0, 0.05) is 11.6 Å². The number of benzene rings is 2. The monoisotopic (exact) mass is 373 g/mol. The van der Waals surface area contributed by atoms with Crippen molar-refractivity contribution in [3.63, 3.8) is 0 Å². The minimum Gasteiger partial charge on any atom is -0.481 e. The molecule has 140 valence electrons. The molecule has 0 bridgehead atoms. The van der Waals surface area contributed by atoms with Crippen LogP contribution in [0.5, 0.6) is 5.75 Å². The summed E-state index contributed by atoms with van der Waals surface area (Å²) in [4.78, 5) is 12.3. The van der Waals surface area contributed by atoms with Crippen molar-refractivity contribution in [2.24, 2.45) is 0 Å². The molecular weight excluding hydrogens is 346 g/mol. The van der Waals surface area contributed by atoms with Crippen LogP contribution in [-0.2, 0) is 11.2 Å². The quantitative estimate of drug-likeness (QED) is 0.600. The van der Waals surface area contributed by atoms with Crippen LogP contribution in [0.4, 0.5) is 0 Å². The van der Waals surface area contributed by atoms with Gasteiger partial charge in [-0.25, -0.2) is 0 Å². The van der Waals surface area contributed by atoms with E-state index in [4.69, 9.17) is 16.3 Å². The van der Waals surface area contributed by atoms with Crippen molar-refractivity contribution >= 4 is 17.5 Å². The fourth-order valence-corrected chi connectivity index (χ4v) is 2.89. The van der Waals surface area contributed by atoms with Crippen LogP contribution in [0.1, 0.15) is 50.7 Å². The Balaban J connectivity index is 1.76. The van der Waals surface area contributed by atoms with Gasteiger partial charge in [-0.2, -0.15) is 0 Å². The average Bonchev–Trinajstić information content (AvgIpc) is 2.63. The van der Waals surface area contributed by atoms with Gasteiger partial charge in [0.05, 0.1) is 0 Å². The summed E-state index contributed by atoms with van der Waals surface area (Å²) in [6.45, 7) is 6.96. The van der Waals surface area contributed by atoms with Crippen LogP contribution in [0, 0.1) is 0 Å². The van der Waals surface area contributed by atoms with Crippen molar-refractivity contribution in [2.45, 2.75) is 52.1 Å². The van der Waals surface area contributed by atoms with E-state index in [1.165, 1.54) is 11.1 Å². The molecule has 1 N–H and O–H groups in total. The third-order valence-corrected chi connectivity index (χ3v) is 4.56. The molecule has 0 radical (unpaired) electrons. The lowest BCUT2D eigenvalue weighted by atomic mass is 10.0. The summed E-state index contributed by atoms with van der Waals surface area (Å²) < 4.78 is 5.76. The van der Waals surface area contributed by atoms with Crippen molar-refractivity contribution < 1.29 is 9.53 Å². The Kier molecular flexibility index (Phi) is 7.99. The highest BCUT2D eigenvalue weighted by molar-refractivity contribution is 6.30. The molecule has 0 aromatic heterocycles. The summed E-state index contributed by atoms with van der Waals surface area (Å²) in [6, 6.07) is 15.8. The smallest absolute Gasteiger partial charge is 0.261 e. The molecule has 26 heavy (non-hydrogen) atoms. The zero-order valence-electron chi connectivity index (χ0n) is 15.8. The maximum absolute atomic E-state index is 12.3. The van der Waals surface area contributed by atoms with Crippen molar-refractivity contribution in [1.29, 1.82) is 0 Å². The third-order valence-electron chi connectivity index (χ3n) is 4.33. The highest BCUT2D eigenvalue weighted by Crippen LogP contribution is 2.19. The lowest BCUT2D eigenvalue weighted by molar-refractivity contribution is -0.128. The standard InChI is InChI=1S/C22H28ClNO2/c1-4-21(26-20-9-5-8-19(23)15-20)22(25)24-14-6-7-17-10-12-18(13-11-17)16(2)3/h5,8-13,15-16,21H,4,6-7,14H2,1-3H3,(H,24,25)/t21-/m1/s1. The lowest BCUT2D eigenvalue weighted by Crippen LogP contribution is -2.38. The second-order valence-electron chi connectivity index (χ2n) is 6.76. The molecular formula is C22H28ClNO2. The molecule has 2 rings (SSSR count). The van der Waals surface area contributed by atoms with E-state index in [1.54, 1.807) is 12.1 Å². The van der Waals surface area contributed by atoms with Crippen LogP contribution in [0.25, 0.3) is 0 Å². The molecule has 1 amide bonds. The number of carbonyl (C=O) groups is 1. The summed E-state index contributed by atoms with van der Waals surface area (Å²) in [5.41, 5.74) is 2.65. The van der Waals surface area contributed by atoms with E-state index in [1.807, 2.05) is 19.1 Å². The van der Waals surface area contributed by atoms with Crippen LogP contribution >= 0.6 is 11.6 Å². The highest BCUT2D eigenvalue weighted by Gasteiger charge is 2.17. The van der Waals surface area contributed by atoms with Gasteiger partial charge in [0.1, 0.15) is 5.75 Å². The van der Waals surface area contributed by atoms with Gasteiger partial charge in [0.25, 0.3) is 5.91 Å². The Hall–Kier alpha value is -2.00. The van der Waals surface area contributed by atoms with Crippen LogP contribution in [0.3, 0.4) is 0 Å². The number of hydrogen-bond donors (Lipinski definition) is 1. The Morgan fingerprint density at radius 3 is 2.50 bits per heavy atom. The molecule has 0 heterocycles. The predicted molar refractivity (Wildman–Crippen MR) is 108 cm³/mol. The maximum atomic E-state index is 12.3. The number of hydrogen-bond acceptors (Lipinski definition) is 2. The first-order valence-electron chi connectivity index (χ1n) is 9.28. The molecule has 4 heteroatoms. The minimum atomic E-state index is -0.501. The number of rotatable bonds is 9. The fourth-order valence-electron chi connectivity index (χ4n) is 2.71. The Labute approximate surface area is 161 Å². The van der Waals surface area contributed by atoms with Crippen molar-refractivity contribution in [3.8, 4) is 5.75 Å². The van der Waals surface area contributed by atoms with Crippen LogP contribution in [0.2, 0.25) is 5.02 Å². The zero-order valence-corrected chi connectivity index (χ0v) is 16.6. The molecule has 0 fully saturated rings. The summed E-state index contributed by atoms with van der Waals surface area (Å²) in [6.07, 6.45) is 1.96. The molecule has 2 aromatic carbocycles. The van der Waals surface area contributed by atoms with E-state index in [9.17, 15) is 4.79 Å².